The zero-order valence-electron chi connectivity index (χ0n) is 13.6. The number of hydrogen-bond donors (Lipinski definition) is 3. The lowest BCUT2D eigenvalue weighted by Gasteiger charge is -2.20. The van der Waals surface area contributed by atoms with Gasteiger partial charge in [0.2, 0.25) is 11.8 Å². The van der Waals surface area contributed by atoms with Gasteiger partial charge in [-0.3, -0.25) is 9.59 Å². The van der Waals surface area contributed by atoms with Crippen LogP contribution in [0.5, 0.6) is 0 Å². The summed E-state index contributed by atoms with van der Waals surface area (Å²) in [5, 5.41) is 9.06. The lowest BCUT2D eigenvalue weighted by molar-refractivity contribution is -0.122. The van der Waals surface area contributed by atoms with Crippen LogP contribution in [-0.4, -0.2) is 17.9 Å². The van der Waals surface area contributed by atoms with Crippen LogP contribution in [0, 0.1) is 0 Å². The van der Waals surface area contributed by atoms with Gasteiger partial charge in [-0.15, -0.1) is 0 Å². The highest BCUT2D eigenvalue weighted by Crippen LogP contribution is 2.24. The molecule has 0 spiro atoms. The molecule has 1 aliphatic rings. The maximum atomic E-state index is 12.6. The Morgan fingerprint density at radius 1 is 0.958 bits per heavy atom. The van der Waals surface area contributed by atoms with Crippen LogP contribution in [-0.2, 0) is 9.59 Å². The molecule has 124 valence electrons. The summed E-state index contributed by atoms with van der Waals surface area (Å²) in [4.78, 5) is 23.7. The summed E-state index contributed by atoms with van der Waals surface area (Å²) in [7, 11) is 0. The van der Waals surface area contributed by atoms with E-state index >= 15 is 0 Å². The van der Waals surface area contributed by atoms with Gasteiger partial charge >= 0.3 is 0 Å². The fourth-order valence-electron chi connectivity index (χ4n) is 2.48. The minimum atomic E-state index is -0.446. The lowest BCUT2D eigenvalue weighted by Crippen LogP contribution is -2.34. The molecule has 2 aromatic carbocycles. The molecule has 0 unspecified atom stereocenters. The largest absolute Gasteiger partial charge is 0.370 e. The van der Waals surface area contributed by atoms with Crippen molar-refractivity contribution in [2.75, 3.05) is 10.6 Å². The molecular formula is C19H21N3O2. The van der Waals surface area contributed by atoms with E-state index < -0.39 is 6.04 Å². The maximum Gasteiger partial charge on any atom is 0.247 e. The molecule has 1 atom stereocenters. The zero-order valence-corrected chi connectivity index (χ0v) is 13.6. The lowest BCUT2D eigenvalue weighted by atomic mass is 10.1. The first-order valence-electron chi connectivity index (χ1n) is 8.11. The number of hydrogen-bond acceptors (Lipinski definition) is 3. The van der Waals surface area contributed by atoms with Gasteiger partial charge < -0.3 is 16.0 Å². The molecule has 1 aliphatic carbocycles. The molecule has 0 aromatic heterocycles. The molecule has 2 amide bonds. The van der Waals surface area contributed by atoms with Gasteiger partial charge in [0.1, 0.15) is 6.04 Å². The van der Waals surface area contributed by atoms with E-state index in [2.05, 4.69) is 16.0 Å². The van der Waals surface area contributed by atoms with Crippen LogP contribution in [0.4, 0.5) is 11.4 Å². The molecule has 3 N–H and O–H groups in total. The number of anilines is 2. The highest BCUT2D eigenvalue weighted by atomic mass is 16.2. The SMILES string of the molecule is CC(=O)Nc1ccc(N[C@@H](C(=O)NC2CC2)c2ccccc2)cc1. The maximum absolute atomic E-state index is 12.6. The first kappa shape index (κ1) is 16.1. The second-order valence-corrected chi connectivity index (χ2v) is 6.03. The fourth-order valence-corrected chi connectivity index (χ4v) is 2.48. The van der Waals surface area contributed by atoms with E-state index in [0.29, 0.717) is 6.04 Å². The van der Waals surface area contributed by atoms with Crippen LogP contribution in [0.15, 0.2) is 54.6 Å². The Balaban J connectivity index is 1.75. The second-order valence-electron chi connectivity index (χ2n) is 6.03. The van der Waals surface area contributed by atoms with Crippen molar-refractivity contribution in [3.05, 3.63) is 60.2 Å². The van der Waals surface area contributed by atoms with Gasteiger partial charge in [-0.25, -0.2) is 0 Å². The van der Waals surface area contributed by atoms with E-state index in [-0.39, 0.29) is 11.8 Å². The molecule has 0 heterocycles. The number of carbonyl (C=O) groups excluding carboxylic acids is 2. The Morgan fingerprint density at radius 3 is 2.17 bits per heavy atom. The molecule has 3 rings (SSSR count). The molecule has 1 saturated carbocycles. The van der Waals surface area contributed by atoms with Crippen molar-refractivity contribution in [1.82, 2.24) is 5.32 Å². The van der Waals surface area contributed by atoms with Crippen LogP contribution >= 0.6 is 0 Å². The van der Waals surface area contributed by atoms with Crippen molar-refractivity contribution in [3.8, 4) is 0 Å². The van der Waals surface area contributed by atoms with Gasteiger partial charge in [-0.2, -0.15) is 0 Å². The molecule has 1 fully saturated rings. The highest BCUT2D eigenvalue weighted by Gasteiger charge is 2.28. The Morgan fingerprint density at radius 2 is 1.58 bits per heavy atom. The normalized spacial score (nSPS) is 14.5. The van der Waals surface area contributed by atoms with Crippen molar-refractivity contribution in [1.29, 1.82) is 0 Å². The minimum Gasteiger partial charge on any atom is -0.370 e. The van der Waals surface area contributed by atoms with E-state index in [1.165, 1.54) is 6.92 Å². The van der Waals surface area contributed by atoms with Crippen molar-refractivity contribution in [2.45, 2.75) is 31.8 Å². The van der Waals surface area contributed by atoms with Crippen LogP contribution in [0.3, 0.4) is 0 Å². The summed E-state index contributed by atoms with van der Waals surface area (Å²) in [6, 6.07) is 16.9. The first-order valence-corrected chi connectivity index (χ1v) is 8.11. The van der Waals surface area contributed by atoms with Crippen LogP contribution in [0.2, 0.25) is 0 Å². The van der Waals surface area contributed by atoms with E-state index in [1.54, 1.807) is 0 Å². The van der Waals surface area contributed by atoms with Crippen LogP contribution in [0.1, 0.15) is 31.4 Å². The van der Waals surface area contributed by atoms with Gasteiger partial charge in [0.05, 0.1) is 0 Å². The smallest absolute Gasteiger partial charge is 0.247 e. The molecule has 2 aromatic rings. The Hall–Kier alpha value is -2.82. The predicted octanol–water partition coefficient (Wildman–Crippen LogP) is 3.08. The van der Waals surface area contributed by atoms with Crippen molar-refractivity contribution < 1.29 is 9.59 Å². The van der Waals surface area contributed by atoms with Gasteiger partial charge in [0.15, 0.2) is 0 Å². The summed E-state index contributed by atoms with van der Waals surface area (Å²) in [6.45, 7) is 1.47. The van der Waals surface area contributed by atoms with E-state index in [9.17, 15) is 9.59 Å². The highest BCUT2D eigenvalue weighted by molar-refractivity contribution is 5.89. The van der Waals surface area contributed by atoms with Gasteiger partial charge in [0.25, 0.3) is 0 Å². The summed E-state index contributed by atoms with van der Waals surface area (Å²) in [5.74, 6) is -0.128. The third-order valence-electron chi connectivity index (χ3n) is 3.84. The van der Waals surface area contributed by atoms with E-state index in [1.807, 2.05) is 54.6 Å². The molecule has 24 heavy (non-hydrogen) atoms. The third-order valence-corrected chi connectivity index (χ3v) is 3.84. The van der Waals surface area contributed by atoms with Gasteiger partial charge in [0, 0.05) is 24.3 Å². The predicted molar refractivity (Wildman–Crippen MR) is 94.7 cm³/mol. The fraction of sp³-hybridized carbons (Fsp3) is 0.263. The van der Waals surface area contributed by atoms with Crippen molar-refractivity contribution >= 4 is 23.2 Å². The van der Waals surface area contributed by atoms with Crippen molar-refractivity contribution in [2.24, 2.45) is 0 Å². The number of nitrogens with one attached hydrogen (secondary N) is 3. The zero-order chi connectivity index (χ0) is 16.9. The van der Waals surface area contributed by atoms with Crippen LogP contribution < -0.4 is 16.0 Å². The first-order chi connectivity index (χ1) is 11.6. The minimum absolute atomic E-state index is 0.0189. The number of rotatable bonds is 6. The molecule has 0 radical (unpaired) electrons. The molecule has 5 heteroatoms. The second kappa shape index (κ2) is 7.17. The molecule has 5 nitrogen and oxygen atoms in total. The summed E-state index contributed by atoms with van der Waals surface area (Å²) >= 11 is 0. The quantitative estimate of drug-likeness (QED) is 0.765. The van der Waals surface area contributed by atoms with Gasteiger partial charge in [-0.05, 0) is 42.7 Å². The standard InChI is InChI=1S/C19H21N3O2/c1-13(23)20-15-7-9-16(10-8-15)21-18(14-5-3-2-4-6-14)19(24)22-17-11-12-17/h2-10,17-18,21H,11-12H2,1H3,(H,20,23)(H,22,24)/t18-/m1/s1. The molecule has 0 saturated heterocycles. The monoisotopic (exact) mass is 323 g/mol. The summed E-state index contributed by atoms with van der Waals surface area (Å²) in [6.07, 6.45) is 2.11. The average molecular weight is 323 g/mol. The van der Waals surface area contributed by atoms with E-state index in [0.717, 1.165) is 29.8 Å². The van der Waals surface area contributed by atoms with Gasteiger partial charge in [-0.1, -0.05) is 30.3 Å². The Labute approximate surface area is 141 Å². The summed E-state index contributed by atoms with van der Waals surface area (Å²) in [5.41, 5.74) is 2.47. The number of carbonyl (C=O) groups is 2. The number of benzene rings is 2. The molecular weight excluding hydrogens is 302 g/mol. The summed E-state index contributed by atoms with van der Waals surface area (Å²) < 4.78 is 0. The Kier molecular flexibility index (Phi) is 4.79. The van der Waals surface area contributed by atoms with Crippen LogP contribution in [0.25, 0.3) is 0 Å². The average Bonchev–Trinajstić information content (AvgIpc) is 3.38. The number of amides is 2. The third kappa shape index (κ3) is 4.35. The topological polar surface area (TPSA) is 70.2 Å². The van der Waals surface area contributed by atoms with E-state index in [4.69, 9.17) is 0 Å². The van der Waals surface area contributed by atoms with Crippen molar-refractivity contribution in [3.63, 3.8) is 0 Å². The Bertz CT molecular complexity index is 709. The molecule has 0 bridgehead atoms. The molecule has 0 aliphatic heterocycles.